The van der Waals surface area contributed by atoms with E-state index < -0.39 is 61.0 Å². The first-order valence-corrected chi connectivity index (χ1v) is 17.0. The van der Waals surface area contributed by atoms with Crippen LogP contribution in [0.1, 0.15) is 60.5 Å². The summed E-state index contributed by atoms with van der Waals surface area (Å²) in [5.74, 6) is -3.67. The van der Waals surface area contributed by atoms with Crippen molar-refractivity contribution < 1.29 is 33.1 Å². The van der Waals surface area contributed by atoms with Gasteiger partial charge in [-0.1, -0.05) is 53.7 Å². The summed E-state index contributed by atoms with van der Waals surface area (Å²) in [7, 11) is 0.754. The SMILES string of the molecule is COc1cccc(C[C@H]2C[C@@H](CO[Si](C(C)C)(C(C)C)C(C)C)N3C(=O)[C@@]4(C(C)=O)O[C@@]23[C@@H]2C(=O)N(C)C(=O)[C@@H]24)c1. The van der Waals surface area contributed by atoms with Crippen LogP contribution in [-0.2, 0) is 34.8 Å². The van der Waals surface area contributed by atoms with Gasteiger partial charge in [-0.2, -0.15) is 0 Å². The molecule has 4 saturated heterocycles. The third kappa shape index (κ3) is 3.79. The highest BCUT2D eigenvalue weighted by atomic mass is 28.4. The van der Waals surface area contributed by atoms with Crippen LogP contribution in [0.2, 0.25) is 16.6 Å². The van der Waals surface area contributed by atoms with Crippen molar-refractivity contribution in [1.29, 1.82) is 0 Å². The number of imide groups is 1. The number of piperidine rings is 1. The fourth-order valence-corrected chi connectivity index (χ4v) is 14.4. The number of methoxy groups -OCH3 is 1. The molecule has 6 atom stereocenters. The number of likely N-dealkylation sites (tertiary alicyclic amines) is 1. The van der Waals surface area contributed by atoms with E-state index in [1.807, 2.05) is 24.3 Å². The van der Waals surface area contributed by atoms with Gasteiger partial charge in [-0.15, -0.1) is 0 Å². The maximum absolute atomic E-state index is 14.4. The lowest BCUT2D eigenvalue weighted by Gasteiger charge is -2.44. The smallest absolute Gasteiger partial charge is 0.266 e. The highest BCUT2D eigenvalue weighted by molar-refractivity contribution is 6.77. The van der Waals surface area contributed by atoms with Crippen LogP contribution in [0.3, 0.4) is 0 Å². The van der Waals surface area contributed by atoms with Gasteiger partial charge in [0.25, 0.3) is 5.91 Å². The first-order chi connectivity index (χ1) is 19.2. The number of amides is 3. The molecule has 41 heavy (non-hydrogen) atoms. The van der Waals surface area contributed by atoms with Crippen molar-refractivity contribution in [2.45, 2.75) is 95.3 Å². The lowest BCUT2D eigenvalue weighted by Crippen LogP contribution is -2.63. The van der Waals surface area contributed by atoms with Gasteiger partial charge in [0.1, 0.15) is 17.6 Å². The van der Waals surface area contributed by atoms with Crippen LogP contribution >= 0.6 is 0 Å². The van der Waals surface area contributed by atoms with E-state index in [1.54, 1.807) is 12.0 Å². The summed E-state index contributed by atoms with van der Waals surface area (Å²) in [6.45, 7) is 14.9. The minimum atomic E-state index is -2.29. The molecule has 0 unspecified atom stereocenters. The Balaban J connectivity index is 1.61. The number of carbonyl (C=O) groups is 4. The third-order valence-corrected chi connectivity index (χ3v) is 16.6. The van der Waals surface area contributed by atoms with E-state index in [9.17, 15) is 19.2 Å². The Kier molecular flexibility index (Phi) is 7.31. The van der Waals surface area contributed by atoms with Gasteiger partial charge in [0.05, 0.1) is 19.8 Å². The van der Waals surface area contributed by atoms with Crippen molar-refractivity contribution in [3.8, 4) is 5.75 Å². The number of ketones is 1. The van der Waals surface area contributed by atoms with Crippen LogP contribution in [-0.4, -0.2) is 79.8 Å². The van der Waals surface area contributed by atoms with E-state index in [0.29, 0.717) is 41.8 Å². The molecular formula is C31H44N2O7Si. The summed E-state index contributed by atoms with van der Waals surface area (Å²) < 4.78 is 19.1. The Labute approximate surface area is 244 Å². The number of ether oxygens (including phenoxy) is 2. The molecule has 5 rings (SSSR count). The van der Waals surface area contributed by atoms with Gasteiger partial charge < -0.3 is 18.8 Å². The molecule has 3 amide bonds. The summed E-state index contributed by atoms with van der Waals surface area (Å²) in [5, 5.41) is 0. The second-order valence-corrected chi connectivity index (χ2v) is 18.7. The molecule has 9 nitrogen and oxygen atoms in total. The number of rotatable bonds is 10. The lowest BCUT2D eigenvalue weighted by atomic mass is 9.70. The van der Waals surface area contributed by atoms with Gasteiger partial charge in [0.15, 0.2) is 19.8 Å². The van der Waals surface area contributed by atoms with Crippen molar-refractivity contribution in [1.82, 2.24) is 9.80 Å². The predicted molar refractivity (Wildman–Crippen MR) is 154 cm³/mol. The Morgan fingerprint density at radius 1 is 1.05 bits per heavy atom. The van der Waals surface area contributed by atoms with Crippen LogP contribution in [0.4, 0.5) is 0 Å². The zero-order valence-corrected chi connectivity index (χ0v) is 26.7. The molecule has 4 heterocycles. The van der Waals surface area contributed by atoms with E-state index in [1.165, 1.54) is 14.0 Å². The first-order valence-electron chi connectivity index (χ1n) is 14.8. The molecule has 0 radical (unpaired) electrons. The van der Waals surface area contributed by atoms with Crippen molar-refractivity contribution in [3.63, 3.8) is 0 Å². The number of benzene rings is 1. The summed E-state index contributed by atoms with van der Waals surface area (Å²) in [6, 6.07) is 7.30. The highest BCUT2D eigenvalue weighted by Gasteiger charge is 2.87. The Morgan fingerprint density at radius 3 is 2.22 bits per heavy atom. The van der Waals surface area contributed by atoms with Gasteiger partial charge in [-0.25, -0.2) is 0 Å². The monoisotopic (exact) mass is 584 g/mol. The first kappa shape index (κ1) is 29.9. The molecule has 4 fully saturated rings. The van der Waals surface area contributed by atoms with Crippen molar-refractivity contribution in [2.75, 3.05) is 20.8 Å². The van der Waals surface area contributed by atoms with Gasteiger partial charge >= 0.3 is 0 Å². The molecule has 2 bridgehead atoms. The third-order valence-electron chi connectivity index (χ3n) is 10.5. The molecule has 0 aliphatic carbocycles. The van der Waals surface area contributed by atoms with Crippen LogP contribution in [0.25, 0.3) is 0 Å². The Bertz CT molecular complexity index is 1260. The van der Waals surface area contributed by atoms with E-state index in [4.69, 9.17) is 13.9 Å². The van der Waals surface area contributed by atoms with Crippen LogP contribution in [0.15, 0.2) is 24.3 Å². The van der Waals surface area contributed by atoms with Crippen LogP contribution in [0.5, 0.6) is 5.75 Å². The van der Waals surface area contributed by atoms with Gasteiger partial charge in [-0.3, -0.25) is 24.1 Å². The molecule has 4 aliphatic heterocycles. The molecule has 4 aliphatic rings. The Morgan fingerprint density at radius 2 is 1.66 bits per heavy atom. The van der Waals surface area contributed by atoms with E-state index in [-0.39, 0.29) is 5.92 Å². The molecule has 1 spiro atoms. The van der Waals surface area contributed by atoms with E-state index in [0.717, 1.165) is 10.5 Å². The number of hydrogen-bond donors (Lipinski definition) is 0. The normalized spacial score (nSPS) is 32.6. The zero-order chi connectivity index (χ0) is 30.2. The summed E-state index contributed by atoms with van der Waals surface area (Å²) in [6.07, 6.45) is 1.02. The van der Waals surface area contributed by atoms with Gasteiger partial charge in [0.2, 0.25) is 17.4 Å². The summed E-state index contributed by atoms with van der Waals surface area (Å²) in [4.78, 5) is 57.5. The van der Waals surface area contributed by atoms with Gasteiger partial charge in [-0.05, 0) is 54.1 Å². The minimum Gasteiger partial charge on any atom is -0.497 e. The average molecular weight is 585 g/mol. The fourth-order valence-electron chi connectivity index (χ4n) is 8.96. The lowest BCUT2D eigenvalue weighted by molar-refractivity contribution is -0.165. The van der Waals surface area contributed by atoms with Crippen molar-refractivity contribution in [3.05, 3.63) is 29.8 Å². The minimum absolute atomic E-state index is 0.301. The molecule has 10 heteroatoms. The standard InChI is InChI=1S/C31H44N2O7Si/c1-17(2)41(18(3)4,19(5)6)39-16-23-15-22(13-21-11-10-12-24(14-21)38-9)31-26-25(27(35)32(8)28(26)36)30(40-31,20(7)34)29(37)33(23)31/h10-12,14,17-19,22-23,25-26H,13,15-16H2,1-9H3/t22-,23-,25+,26-,30-,31+/m0/s1. The Hall–Kier alpha value is -2.56. The molecule has 1 aromatic rings. The number of fused-ring (bicyclic) bond motifs is 3. The van der Waals surface area contributed by atoms with Crippen LogP contribution < -0.4 is 4.74 Å². The largest absolute Gasteiger partial charge is 0.497 e. The predicted octanol–water partition coefficient (Wildman–Crippen LogP) is 3.95. The molecule has 224 valence electrons. The zero-order valence-electron chi connectivity index (χ0n) is 25.7. The van der Waals surface area contributed by atoms with Crippen molar-refractivity contribution >= 4 is 31.8 Å². The molecule has 0 N–H and O–H groups in total. The number of carbonyl (C=O) groups excluding carboxylic acids is 4. The molecular weight excluding hydrogens is 540 g/mol. The molecule has 1 aromatic carbocycles. The second kappa shape index (κ2) is 10.0. The van der Waals surface area contributed by atoms with E-state index in [2.05, 4.69) is 41.5 Å². The summed E-state index contributed by atoms with van der Waals surface area (Å²) in [5.41, 5.74) is -1.38. The number of Topliss-reactive ketones (excluding diaryl/α,β-unsaturated/α-hetero) is 1. The summed E-state index contributed by atoms with van der Waals surface area (Å²) >= 11 is 0. The maximum atomic E-state index is 14.4. The van der Waals surface area contributed by atoms with Crippen LogP contribution in [0, 0.1) is 17.8 Å². The van der Waals surface area contributed by atoms with Gasteiger partial charge in [0, 0.05) is 13.0 Å². The fraction of sp³-hybridized carbons (Fsp3) is 0.677. The second-order valence-electron chi connectivity index (χ2n) is 13.3. The molecule has 0 saturated carbocycles. The number of hydrogen-bond acceptors (Lipinski definition) is 7. The maximum Gasteiger partial charge on any atom is 0.266 e. The molecule has 0 aromatic heterocycles. The van der Waals surface area contributed by atoms with E-state index >= 15 is 0 Å². The average Bonchev–Trinajstić information content (AvgIpc) is 3.56. The highest BCUT2D eigenvalue weighted by Crippen LogP contribution is 2.66. The quantitative estimate of drug-likeness (QED) is 0.233. The topological polar surface area (TPSA) is 102 Å². The number of nitrogens with zero attached hydrogens (tertiary/aromatic N) is 2. The van der Waals surface area contributed by atoms with Crippen molar-refractivity contribution in [2.24, 2.45) is 17.8 Å².